The molecule has 5 N–H and O–H groups in total. The molecule has 4 rings (SSSR count). The smallest absolute Gasteiger partial charge is 0.407 e. The number of ether oxygens (including phenoxy) is 2. The van der Waals surface area contributed by atoms with E-state index in [0.717, 1.165) is 11.1 Å². The SMILES string of the molecule is O=C(N[C@H](CNC[C@H](Cc1ccccc1)NC(=O)OCc1cnc[nH]1)Cc1ccccc1)OCc1cnc[nH]1. The first-order valence-corrected chi connectivity index (χ1v) is 12.7. The fourth-order valence-corrected chi connectivity index (χ4v) is 4.01. The van der Waals surface area contributed by atoms with Crippen molar-refractivity contribution >= 4 is 12.2 Å². The molecule has 0 saturated carbocycles. The highest BCUT2D eigenvalue weighted by atomic mass is 16.6. The zero-order chi connectivity index (χ0) is 27.1. The highest BCUT2D eigenvalue weighted by Gasteiger charge is 2.18. The molecule has 0 aliphatic heterocycles. The lowest BCUT2D eigenvalue weighted by atomic mass is 10.0. The molecule has 4 aromatic rings. The average Bonchev–Trinajstić information content (AvgIpc) is 3.67. The molecular formula is C28H33N7O4. The van der Waals surface area contributed by atoms with Crippen LogP contribution in [-0.4, -0.2) is 57.3 Å². The number of aromatic nitrogens is 4. The summed E-state index contributed by atoms with van der Waals surface area (Å²) in [6.07, 6.45) is 6.46. The molecule has 2 aromatic carbocycles. The summed E-state index contributed by atoms with van der Waals surface area (Å²) in [7, 11) is 0. The minimum absolute atomic E-state index is 0.0983. The quantitative estimate of drug-likeness (QED) is 0.168. The second-order valence-electron chi connectivity index (χ2n) is 9.03. The minimum atomic E-state index is -0.520. The van der Waals surface area contributed by atoms with Crippen molar-refractivity contribution in [1.82, 2.24) is 35.9 Å². The Labute approximate surface area is 226 Å². The van der Waals surface area contributed by atoms with Crippen LogP contribution in [0.2, 0.25) is 0 Å². The van der Waals surface area contributed by atoms with Gasteiger partial charge in [0, 0.05) is 25.2 Å². The highest BCUT2D eigenvalue weighted by molar-refractivity contribution is 5.68. The van der Waals surface area contributed by atoms with Crippen LogP contribution < -0.4 is 16.0 Å². The number of imidazole rings is 2. The minimum Gasteiger partial charge on any atom is -0.443 e. The van der Waals surface area contributed by atoms with Gasteiger partial charge in [0.15, 0.2) is 0 Å². The molecule has 0 fully saturated rings. The van der Waals surface area contributed by atoms with Gasteiger partial charge in [-0.25, -0.2) is 19.6 Å². The van der Waals surface area contributed by atoms with E-state index in [0.29, 0.717) is 37.3 Å². The molecule has 0 saturated heterocycles. The third-order valence-corrected chi connectivity index (χ3v) is 5.90. The first kappa shape index (κ1) is 27.4. The Morgan fingerprint density at radius 3 is 1.51 bits per heavy atom. The Hall–Kier alpha value is -4.64. The summed E-state index contributed by atoms with van der Waals surface area (Å²) in [5.74, 6) is 0. The van der Waals surface area contributed by atoms with Gasteiger partial charge in [-0.3, -0.25) is 0 Å². The van der Waals surface area contributed by atoms with Gasteiger partial charge in [0.05, 0.1) is 36.4 Å². The number of hydrogen-bond acceptors (Lipinski definition) is 7. The Morgan fingerprint density at radius 2 is 1.13 bits per heavy atom. The molecule has 0 bridgehead atoms. The van der Waals surface area contributed by atoms with E-state index in [1.54, 1.807) is 12.4 Å². The number of H-pyrrole nitrogens is 2. The van der Waals surface area contributed by atoms with Crippen molar-refractivity contribution in [2.45, 2.75) is 38.1 Å². The van der Waals surface area contributed by atoms with E-state index >= 15 is 0 Å². The zero-order valence-corrected chi connectivity index (χ0v) is 21.5. The van der Waals surface area contributed by atoms with Crippen molar-refractivity contribution in [2.75, 3.05) is 13.1 Å². The van der Waals surface area contributed by atoms with Gasteiger partial charge in [-0.05, 0) is 24.0 Å². The number of amides is 2. The first-order chi connectivity index (χ1) is 19.1. The maximum Gasteiger partial charge on any atom is 0.407 e. The largest absolute Gasteiger partial charge is 0.443 e. The van der Waals surface area contributed by atoms with Gasteiger partial charge >= 0.3 is 12.2 Å². The molecule has 2 amide bonds. The van der Waals surface area contributed by atoms with Crippen molar-refractivity contribution in [3.63, 3.8) is 0 Å². The number of rotatable bonds is 14. The third-order valence-electron chi connectivity index (χ3n) is 5.90. The lowest BCUT2D eigenvalue weighted by Crippen LogP contribution is -2.48. The second kappa shape index (κ2) is 14.9. The lowest BCUT2D eigenvalue weighted by Gasteiger charge is -2.23. The maximum absolute atomic E-state index is 12.5. The zero-order valence-electron chi connectivity index (χ0n) is 21.5. The van der Waals surface area contributed by atoms with Crippen LogP contribution in [-0.2, 0) is 35.5 Å². The van der Waals surface area contributed by atoms with E-state index in [2.05, 4.69) is 35.9 Å². The van der Waals surface area contributed by atoms with Crippen LogP contribution in [0.15, 0.2) is 85.7 Å². The number of hydrogen-bond donors (Lipinski definition) is 5. The molecule has 11 nitrogen and oxygen atoms in total. The van der Waals surface area contributed by atoms with Crippen LogP contribution in [0.25, 0.3) is 0 Å². The summed E-state index contributed by atoms with van der Waals surface area (Å²) in [6, 6.07) is 19.3. The molecule has 39 heavy (non-hydrogen) atoms. The monoisotopic (exact) mass is 531 g/mol. The lowest BCUT2D eigenvalue weighted by molar-refractivity contribution is 0.133. The average molecular weight is 532 g/mol. The van der Waals surface area contributed by atoms with Crippen LogP contribution in [0.5, 0.6) is 0 Å². The summed E-state index contributed by atoms with van der Waals surface area (Å²) >= 11 is 0. The summed E-state index contributed by atoms with van der Waals surface area (Å²) in [4.78, 5) is 38.7. The normalized spacial score (nSPS) is 12.3. The Kier molecular flexibility index (Phi) is 10.5. The van der Waals surface area contributed by atoms with Crippen LogP contribution in [0, 0.1) is 0 Å². The van der Waals surface area contributed by atoms with E-state index in [1.165, 1.54) is 12.7 Å². The van der Waals surface area contributed by atoms with Gasteiger partial charge in [0.2, 0.25) is 0 Å². The van der Waals surface area contributed by atoms with Crippen molar-refractivity contribution in [3.05, 3.63) is 108 Å². The molecule has 2 heterocycles. The fourth-order valence-electron chi connectivity index (χ4n) is 4.01. The van der Waals surface area contributed by atoms with Crippen molar-refractivity contribution in [1.29, 1.82) is 0 Å². The number of nitrogens with zero attached hydrogens (tertiary/aromatic N) is 2. The molecule has 0 spiro atoms. The Balaban J connectivity index is 1.32. The molecular weight excluding hydrogens is 498 g/mol. The van der Waals surface area contributed by atoms with Gasteiger partial charge in [0.1, 0.15) is 13.2 Å². The van der Waals surface area contributed by atoms with Gasteiger partial charge in [-0.2, -0.15) is 0 Å². The molecule has 2 atom stereocenters. The van der Waals surface area contributed by atoms with E-state index in [-0.39, 0.29) is 25.3 Å². The van der Waals surface area contributed by atoms with Gasteiger partial charge in [-0.15, -0.1) is 0 Å². The number of carbonyl (C=O) groups is 2. The Bertz CT molecular complexity index is 1140. The summed E-state index contributed by atoms with van der Waals surface area (Å²) in [5.41, 5.74) is 3.58. The second-order valence-corrected chi connectivity index (χ2v) is 9.03. The predicted octanol–water partition coefficient (Wildman–Crippen LogP) is 3.10. The van der Waals surface area contributed by atoms with E-state index in [4.69, 9.17) is 9.47 Å². The number of benzene rings is 2. The van der Waals surface area contributed by atoms with Crippen LogP contribution in [0.4, 0.5) is 9.59 Å². The molecule has 11 heteroatoms. The molecule has 0 radical (unpaired) electrons. The number of carbonyl (C=O) groups excluding carboxylic acids is 2. The van der Waals surface area contributed by atoms with E-state index in [1.807, 2.05) is 60.7 Å². The van der Waals surface area contributed by atoms with E-state index in [9.17, 15) is 9.59 Å². The summed E-state index contributed by atoms with van der Waals surface area (Å²) in [5, 5.41) is 9.30. The van der Waals surface area contributed by atoms with Crippen LogP contribution in [0.3, 0.4) is 0 Å². The summed E-state index contributed by atoms with van der Waals surface area (Å²) in [6.45, 7) is 1.12. The molecule has 2 aromatic heterocycles. The van der Waals surface area contributed by atoms with Crippen molar-refractivity contribution in [2.24, 2.45) is 0 Å². The molecule has 0 aliphatic carbocycles. The molecule has 0 aliphatic rings. The fraction of sp³-hybridized carbons (Fsp3) is 0.286. The number of alkyl carbamates (subject to hydrolysis) is 2. The van der Waals surface area contributed by atoms with Crippen molar-refractivity contribution < 1.29 is 19.1 Å². The highest BCUT2D eigenvalue weighted by Crippen LogP contribution is 2.06. The number of aromatic amines is 2. The first-order valence-electron chi connectivity index (χ1n) is 12.7. The standard InChI is InChI=1S/C28H33N7O4/c36-27(38-17-25-15-30-19-32-25)34-23(11-21-7-3-1-4-8-21)13-29-14-24(12-22-9-5-2-6-10-22)35-28(37)39-18-26-16-31-20-33-26/h1-10,15-16,19-20,23-24,29H,11-14,17-18H2,(H,30,32)(H,31,33)(H,34,36)(H,35,37)/t23-,24-/m0/s1. The molecule has 204 valence electrons. The van der Waals surface area contributed by atoms with Gasteiger partial charge in [-0.1, -0.05) is 60.7 Å². The maximum atomic E-state index is 12.5. The summed E-state index contributed by atoms with van der Waals surface area (Å²) < 4.78 is 10.7. The topological polar surface area (TPSA) is 146 Å². The van der Waals surface area contributed by atoms with E-state index < -0.39 is 12.2 Å². The Morgan fingerprint density at radius 1 is 0.692 bits per heavy atom. The van der Waals surface area contributed by atoms with Gasteiger partial charge < -0.3 is 35.4 Å². The predicted molar refractivity (Wildman–Crippen MR) is 145 cm³/mol. The van der Waals surface area contributed by atoms with Crippen LogP contribution >= 0.6 is 0 Å². The van der Waals surface area contributed by atoms with Gasteiger partial charge in [0.25, 0.3) is 0 Å². The van der Waals surface area contributed by atoms with Crippen LogP contribution in [0.1, 0.15) is 22.5 Å². The van der Waals surface area contributed by atoms with Crippen molar-refractivity contribution in [3.8, 4) is 0 Å². The number of nitrogens with one attached hydrogen (secondary N) is 5. The third kappa shape index (κ3) is 9.97. The molecule has 0 unspecified atom stereocenters.